The van der Waals surface area contributed by atoms with Gasteiger partial charge in [0.15, 0.2) is 0 Å². The van der Waals surface area contributed by atoms with Crippen molar-refractivity contribution in [2.24, 2.45) is 0 Å². The van der Waals surface area contributed by atoms with Crippen molar-refractivity contribution in [3.63, 3.8) is 0 Å². The molecule has 1 heterocycles. The van der Waals surface area contributed by atoms with Crippen molar-refractivity contribution >= 4 is 42.9 Å². The molecule has 0 bridgehead atoms. The predicted molar refractivity (Wildman–Crippen MR) is 201 cm³/mol. The number of methoxy groups -OCH3 is 2. The molecule has 0 saturated heterocycles. The van der Waals surface area contributed by atoms with E-state index in [4.69, 9.17) is 42.9 Å². The number of ether oxygens (including phenoxy) is 6. The molecular weight excluding hydrogens is 711 g/mol. The van der Waals surface area contributed by atoms with Gasteiger partial charge in [-0.25, -0.2) is 4.57 Å². The molecule has 0 aliphatic rings. The maximum Gasteiger partial charge on any atom is 0.432 e. The first-order chi connectivity index (χ1) is 25.4. The second-order valence-electron chi connectivity index (χ2n) is 10.6. The zero-order valence-corrected chi connectivity index (χ0v) is 31.6. The van der Waals surface area contributed by atoms with Crippen LogP contribution in [0.5, 0.6) is 0 Å². The Bertz CT molecular complexity index is 1540. The Balaban J connectivity index is 1.82. The number of aromatic nitrogens is 1. The first kappa shape index (κ1) is 42.9. The van der Waals surface area contributed by atoms with E-state index < -0.39 is 7.75 Å². The van der Waals surface area contributed by atoms with Gasteiger partial charge in [-0.1, -0.05) is 30.0 Å². The Morgan fingerprint density at radius 1 is 0.769 bits per heavy atom. The Labute approximate surface area is 310 Å². The smallest absolute Gasteiger partial charge is 0.382 e. The number of pyridine rings is 1. The normalized spacial score (nSPS) is 11.6. The maximum atomic E-state index is 14.3. The molecule has 0 fully saturated rings. The van der Waals surface area contributed by atoms with Gasteiger partial charge in [-0.15, -0.1) is 0 Å². The molecule has 0 atom stereocenters. The summed E-state index contributed by atoms with van der Waals surface area (Å²) in [5, 5.41) is 14.6. The molecule has 3 rings (SSSR count). The summed E-state index contributed by atoms with van der Waals surface area (Å²) in [6.45, 7) is 3.37. The monoisotopic (exact) mass is 760 g/mol. The van der Waals surface area contributed by atoms with E-state index in [1.165, 1.54) is 11.8 Å². The maximum absolute atomic E-state index is 14.3. The van der Waals surface area contributed by atoms with E-state index in [1.807, 2.05) is 36.4 Å². The van der Waals surface area contributed by atoms with Gasteiger partial charge in [0.1, 0.15) is 0 Å². The van der Waals surface area contributed by atoms with Crippen molar-refractivity contribution in [1.82, 2.24) is 10.3 Å². The summed E-state index contributed by atoms with van der Waals surface area (Å²) in [5.74, 6) is -0.224. The third-order valence-electron chi connectivity index (χ3n) is 6.82. The Kier molecular flexibility index (Phi) is 21.1. The largest absolute Gasteiger partial charge is 0.432 e. The first-order valence-electron chi connectivity index (χ1n) is 16.7. The third kappa shape index (κ3) is 16.5. The van der Waals surface area contributed by atoms with Crippen LogP contribution < -0.4 is 10.4 Å². The van der Waals surface area contributed by atoms with Gasteiger partial charge in [-0.05, 0) is 54.6 Å². The minimum absolute atomic E-state index is 0.0587. The van der Waals surface area contributed by atoms with Crippen molar-refractivity contribution < 1.29 is 46.8 Å². The van der Waals surface area contributed by atoms with E-state index in [1.54, 1.807) is 63.9 Å². The van der Waals surface area contributed by atoms with Crippen molar-refractivity contribution in [2.45, 2.75) is 9.79 Å². The number of nitrogens with one attached hydrogen (secondary N) is 3. The number of allylic oxidation sites excluding steroid dienone is 1. The average Bonchev–Trinajstić information content (AvgIpc) is 3.16. The van der Waals surface area contributed by atoms with Crippen molar-refractivity contribution in [3.05, 3.63) is 89.8 Å². The fourth-order valence-corrected chi connectivity index (χ4v) is 6.56. The summed E-state index contributed by atoms with van der Waals surface area (Å²) in [6, 6.07) is 18.0. The predicted octanol–water partition coefficient (Wildman–Crippen LogP) is 5.59. The molecule has 3 N–H and O–H groups in total. The fourth-order valence-electron chi connectivity index (χ4n) is 4.26. The molecule has 0 saturated carbocycles. The molecule has 284 valence electrons. The SMILES string of the molecule is CNC(=O)c1ccccc1Sc1ccc(C(=N)/C=C/c2ccccn2)c(NP(=O)(OCCOCCOCCOC)OCCOCCOCCOC)c1. The Morgan fingerprint density at radius 2 is 1.35 bits per heavy atom. The van der Waals surface area contributed by atoms with Gasteiger partial charge in [-0.3, -0.25) is 23.9 Å². The van der Waals surface area contributed by atoms with Gasteiger partial charge >= 0.3 is 7.75 Å². The van der Waals surface area contributed by atoms with Crippen molar-refractivity contribution in [3.8, 4) is 0 Å². The zero-order chi connectivity index (χ0) is 37.3. The lowest BCUT2D eigenvalue weighted by molar-refractivity contribution is 0.0119. The first-order valence-corrected chi connectivity index (χ1v) is 19.0. The van der Waals surface area contributed by atoms with Crippen LogP contribution in [0.4, 0.5) is 5.69 Å². The average molecular weight is 761 g/mol. The van der Waals surface area contributed by atoms with Gasteiger partial charge in [0.2, 0.25) is 0 Å². The van der Waals surface area contributed by atoms with Crippen LogP contribution in [-0.4, -0.2) is 117 Å². The lowest BCUT2D eigenvalue weighted by Crippen LogP contribution is -2.18. The number of hydrogen-bond donors (Lipinski definition) is 3. The van der Waals surface area contributed by atoms with Gasteiger partial charge < -0.3 is 39.1 Å². The van der Waals surface area contributed by atoms with Crippen LogP contribution >= 0.6 is 19.5 Å². The summed E-state index contributed by atoms with van der Waals surface area (Å²) >= 11 is 1.35. The van der Waals surface area contributed by atoms with E-state index >= 15 is 0 Å². The second kappa shape index (κ2) is 25.5. The number of carbonyl (C=O) groups is 1. The van der Waals surface area contributed by atoms with E-state index in [-0.39, 0.29) is 38.0 Å². The number of rotatable bonds is 28. The quantitative estimate of drug-likeness (QED) is 0.0477. The molecule has 0 spiro atoms. The minimum Gasteiger partial charge on any atom is -0.382 e. The molecule has 52 heavy (non-hydrogen) atoms. The number of anilines is 1. The second-order valence-corrected chi connectivity index (χ2v) is 13.4. The molecular formula is C36H49N4O10PS. The summed E-state index contributed by atoms with van der Waals surface area (Å²) in [4.78, 5) is 18.3. The van der Waals surface area contributed by atoms with Crippen LogP contribution in [0.15, 0.2) is 82.7 Å². The topological polar surface area (TPSA) is 169 Å². The highest BCUT2D eigenvalue weighted by Crippen LogP contribution is 2.49. The van der Waals surface area contributed by atoms with E-state index in [0.29, 0.717) is 85.2 Å². The summed E-state index contributed by atoms with van der Waals surface area (Å²) < 4.78 is 57.9. The van der Waals surface area contributed by atoms with Gasteiger partial charge in [0.25, 0.3) is 5.91 Å². The lowest BCUT2D eigenvalue weighted by Gasteiger charge is -2.22. The van der Waals surface area contributed by atoms with Crippen LogP contribution in [0.3, 0.4) is 0 Å². The van der Waals surface area contributed by atoms with Crippen LogP contribution in [0, 0.1) is 5.41 Å². The zero-order valence-electron chi connectivity index (χ0n) is 29.9. The Hall–Kier alpha value is -3.47. The summed E-state index contributed by atoms with van der Waals surface area (Å²) in [5.41, 5.74) is 2.05. The standard InChI is InChI=1S/C36H49N4O10PS/c1-38-36(41)32-9-4-5-10-35(32)52-30-12-13-31(33(37)14-11-29-8-6-7-15-39-29)34(28-30)40-51(42,49-26-24-47-22-20-45-18-16-43-2)50-27-25-48-23-21-46-19-17-44-3/h4-15,28,37H,16-27H2,1-3H3,(H,38,41)(H,40,42)/b14-11+,37-33?. The summed E-state index contributed by atoms with van der Waals surface area (Å²) in [6.07, 6.45) is 4.99. The van der Waals surface area contributed by atoms with Crippen molar-refractivity contribution in [2.75, 3.05) is 106 Å². The molecule has 0 aliphatic carbocycles. The van der Waals surface area contributed by atoms with Crippen LogP contribution in [0.25, 0.3) is 6.08 Å². The fraction of sp³-hybridized carbons (Fsp3) is 0.417. The molecule has 2 aromatic carbocycles. The number of carbonyl (C=O) groups excluding carboxylic acids is 1. The number of benzene rings is 2. The molecule has 14 nitrogen and oxygen atoms in total. The molecule has 0 aliphatic heterocycles. The van der Waals surface area contributed by atoms with Crippen LogP contribution in [-0.2, 0) is 42.0 Å². The Morgan fingerprint density at radius 3 is 1.92 bits per heavy atom. The highest BCUT2D eigenvalue weighted by atomic mass is 32.2. The van der Waals surface area contributed by atoms with Crippen LogP contribution in [0.1, 0.15) is 21.6 Å². The highest BCUT2D eigenvalue weighted by molar-refractivity contribution is 7.99. The van der Waals surface area contributed by atoms with Gasteiger partial charge in [0.05, 0.1) is 102 Å². The third-order valence-corrected chi connectivity index (χ3v) is 9.44. The molecule has 16 heteroatoms. The molecule has 1 aromatic heterocycles. The minimum atomic E-state index is -4.07. The van der Waals surface area contributed by atoms with Gasteiger partial charge in [-0.2, -0.15) is 0 Å². The van der Waals surface area contributed by atoms with E-state index in [9.17, 15) is 9.36 Å². The molecule has 0 radical (unpaired) electrons. The number of amides is 1. The number of nitrogens with zero attached hydrogens (tertiary/aromatic N) is 1. The molecule has 3 aromatic rings. The van der Waals surface area contributed by atoms with E-state index in [2.05, 4.69) is 15.4 Å². The van der Waals surface area contributed by atoms with Crippen molar-refractivity contribution in [1.29, 1.82) is 5.41 Å². The molecule has 1 amide bonds. The number of hydrogen-bond acceptors (Lipinski definition) is 13. The summed E-state index contributed by atoms with van der Waals surface area (Å²) in [7, 11) is 0.706. The lowest BCUT2D eigenvalue weighted by atomic mass is 10.1. The van der Waals surface area contributed by atoms with Gasteiger partial charge in [0, 0.05) is 42.8 Å². The van der Waals surface area contributed by atoms with Crippen LogP contribution in [0.2, 0.25) is 0 Å². The molecule has 0 unspecified atom stereocenters. The highest BCUT2D eigenvalue weighted by Gasteiger charge is 2.27. The van der Waals surface area contributed by atoms with E-state index in [0.717, 1.165) is 0 Å².